The lowest BCUT2D eigenvalue weighted by atomic mass is 10.0. The van der Waals surface area contributed by atoms with Crippen LogP contribution in [0.4, 0.5) is 0 Å². The van der Waals surface area contributed by atoms with E-state index in [1.165, 1.54) is 0 Å². The van der Waals surface area contributed by atoms with Gasteiger partial charge in [0.1, 0.15) is 0 Å². The number of nitrogens with zero attached hydrogens (tertiary/aromatic N) is 3. The highest BCUT2D eigenvalue weighted by Gasteiger charge is 2.32. The smallest absolute Gasteiger partial charge is 0.225 e. The average Bonchev–Trinajstić information content (AvgIpc) is 3.18. The molecular formula is C17H20N4O2. The van der Waals surface area contributed by atoms with Crippen molar-refractivity contribution in [3.63, 3.8) is 0 Å². The summed E-state index contributed by atoms with van der Waals surface area (Å²) in [6.07, 6.45) is 3.90. The van der Waals surface area contributed by atoms with E-state index in [0.717, 1.165) is 11.3 Å². The first-order chi connectivity index (χ1) is 11.0. The lowest BCUT2D eigenvalue weighted by Gasteiger charge is -2.18. The SMILES string of the molecule is C[C@H](NC(=O)[C@H]1CC(=O)N(C)C1)c1cccc(-n2cccn2)c1. The summed E-state index contributed by atoms with van der Waals surface area (Å²) in [4.78, 5) is 25.5. The molecule has 3 rings (SSSR count). The largest absolute Gasteiger partial charge is 0.349 e. The number of carbonyl (C=O) groups excluding carboxylic acids is 2. The Kier molecular flexibility index (Phi) is 4.14. The average molecular weight is 312 g/mol. The third kappa shape index (κ3) is 3.26. The molecule has 1 aromatic heterocycles. The Balaban J connectivity index is 1.69. The Bertz CT molecular complexity index is 711. The van der Waals surface area contributed by atoms with Crippen molar-refractivity contribution in [1.29, 1.82) is 0 Å². The number of hydrogen-bond donors (Lipinski definition) is 1. The molecule has 1 aliphatic heterocycles. The van der Waals surface area contributed by atoms with Crippen molar-refractivity contribution >= 4 is 11.8 Å². The van der Waals surface area contributed by atoms with Gasteiger partial charge < -0.3 is 10.2 Å². The summed E-state index contributed by atoms with van der Waals surface area (Å²) in [6, 6.07) is 9.63. The Morgan fingerprint density at radius 3 is 2.87 bits per heavy atom. The highest BCUT2D eigenvalue weighted by molar-refractivity contribution is 5.89. The van der Waals surface area contributed by atoms with Gasteiger partial charge >= 0.3 is 0 Å². The number of hydrogen-bond acceptors (Lipinski definition) is 3. The van der Waals surface area contributed by atoms with Crippen molar-refractivity contribution in [2.24, 2.45) is 5.92 Å². The summed E-state index contributed by atoms with van der Waals surface area (Å²) in [5.41, 5.74) is 1.95. The van der Waals surface area contributed by atoms with Crippen molar-refractivity contribution in [2.45, 2.75) is 19.4 Å². The summed E-state index contributed by atoms with van der Waals surface area (Å²) in [7, 11) is 1.73. The van der Waals surface area contributed by atoms with Crippen LogP contribution >= 0.6 is 0 Å². The van der Waals surface area contributed by atoms with Crippen LogP contribution in [0.15, 0.2) is 42.7 Å². The predicted molar refractivity (Wildman–Crippen MR) is 85.9 cm³/mol. The van der Waals surface area contributed by atoms with Crippen LogP contribution in [0, 0.1) is 5.92 Å². The predicted octanol–water partition coefficient (Wildman–Crippen LogP) is 1.53. The molecule has 0 aliphatic carbocycles. The van der Waals surface area contributed by atoms with Crippen LogP contribution in [0.1, 0.15) is 24.9 Å². The Morgan fingerprint density at radius 1 is 1.39 bits per heavy atom. The fourth-order valence-corrected chi connectivity index (χ4v) is 2.81. The molecule has 6 nitrogen and oxygen atoms in total. The first-order valence-corrected chi connectivity index (χ1v) is 7.69. The summed E-state index contributed by atoms with van der Waals surface area (Å²) >= 11 is 0. The molecule has 1 aliphatic rings. The van der Waals surface area contributed by atoms with Crippen molar-refractivity contribution < 1.29 is 9.59 Å². The highest BCUT2D eigenvalue weighted by Crippen LogP contribution is 2.20. The molecule has 120 valence electrons. The Labute approximate surface area is 135 Å². The first kappa shape index (κ1) is 15.3. The number of rotatable bonds is 4. The number of nitrogens with one attached hydrogen (secondary N) is 1. The fraction of sp³-hybridized carbons (Fsp3) is 0.353. The van der Waals surface area contributed by atoms with Gasteiger partial charge in [-0.25, -0.2) is 4.68 Å². The van der Waals surface area contributed by atoms with Gasteiger partial charge in [0.15, 0.2) is 0 Å². The van der Waals surface area contributed by atoms with E-state index < -0.39 is 0 Å². The van der Waals surface area contributed by atoms with Gasteiger partial charge in [0.2, 0.25) is 11.8 Å². The maximum Gasteiger partial charge on any atom is 0.225 e. The molecule has 2 heterocycles. The highest BCUT2D eigenvalue weighted by atomic mass is 16.2. The van der Waals surface area contributed by atoms with Crippen molar-refractivity contribution in [3.05, 3.63) is 48.3 Å². The Morgan fingerprint density at radius 2 is 2.22 bits per heavy atom. The second-order valence-electron chi connectivity index (χ2n) is 5.95. The van der Waals surface area contributed by atoms with E-state index in [0.29, 0.717) is 13.0 Å². The molecule has 0 bridgehead atoms. The minimum atomic E-state index is -0.260. The summed E-state index contributed by atoms with van der Waals surface area (Å²) < 4.78 is 1.78. The second-order valence-corrected chi connectivity index (χ2v) is 5.95. The molecule has 0 saturated carbocycles. The summed E-state index contributed by atoms with van der Waals surface area (Å²) in [5.74, 6) is -0.303. The summed E-state index contributed by atoms with van der Waals surface area (Å²) in [5, 5.41) is 7.22. The minimum Gasteiger partial charge on any atom is -0.349 e. The molecule has 2 aromatic rings. The van der Waals surface area contributed by atoms with Crippen LogP contribution in [0.3, 0.4) is 0 Å². The van der Waals surface area contributed by atoms with E-state index in [1.54, 1.807) is 22.8 Å². The van der Waals surface area contributed by atoms with Gasteiger partial charge in [-0.05, 0) is 30.7 Å². The van der Waals surface area contributed by atoms with Crippen molar-refractivity contribution in [1.82, 2.24) is 20.0 Å². The van der Waals surface area contributed by atoms with Crippen LogP contribution in [-0.4, -0.2) is 40.1 Å². The van der Waals surface area contributed by atoms with Gasteiger partial charge in [-0.3, -0.25) is 9.59 Å². The maximum atomic E-state index is 12.3. The number of carbonyl (C=O) groups is 2. The van der Waals surface area contributed by atoms with Gasteiger partial charge in [-0.15, -0.1) is 0 Å². The lowest BCUT2D eigenvalue weighted by molar-refractivity contribution is -0.128. The van der Waals surface area contributed by atoms with Gasteiger partial charge in [-0.2, -0.15) is 5.10 Å². The zero-order chi connectivity index (χ0) is 16.4. The molecule has 0 radical (unpaired) electrons. The van der Waals surface area contributed by atoms with E-state index in [4.69, 9.17) is 0 Å². The van der Waals surface area contributed by atoms with Crippen LogP contribution in [0.5, 0.6) is 0 Å². The van der Waals surface area contributed by atoms with Gasteiger partial charge in [-0.1, -0.05) is 12.1 Å². The monoisotopic (exact) mass is 312 g/mol. The van der Waals surface area contributed by atoms with Gasteiger partial charge in [0.25, 0.3) is 0 Å². The Hall–Kier alpha value is -2.63. The maximum absolute atomic E-state index is 12.3. The number of benzene rings is 1. The first-order valence-electron chi connectivity index (χ1n) is 7.69. The number of aromatic nitrogens is 2. The second kappa shape index (κ2) is 6.24. The van der Waals surface area contributed by atoms with Gasteiger partial charge in [0.05, 0.1) is 17.6 Å². The van der Waals surface area contributed by atoms with E-state index >= 15 is 0 Å². The number of likely N-dealkylation sites (tertiary alicyclic amines) is 1. The molecule has 0 unspecified atom stereocenters. The third-order valence-electron chi connectivity index (χ3n) is 4.21. The van der Waals surface area contributed by atoms with E-state index in [2.05, 4.69) is 10.4 Å². The molecule has 1 aromatic carbocycles. The molecule has 1 saturated heterocycles. The minimum absolute atomic E-state index is 0.0264. The summed E-state index contributed by atoms with van der Waals surface area (Å²) in [6.45, 7) is 2.44. The van der Waals surface area contributed by atoms with Gasteiger partial charge in [0, 0.05) is 32.4 Å². The van der Waals surface area contributed by atoms with Crippen molar-refractivity contribution in [3.8, 4) is 5.69 Å². The van der Waals surface area contributed by atoms with Crippen LogP contribution < -0.4 is 5.32 Å². The molecule has 23 heavy (non-hydrogen) atoms. The molecule has 0 spiro atoms. The van der Waals surface area contributed by atoms with E-state index in [-0.39, 0.29) is 23.8 Å². The third-order valence-corrected chi connectivity index (χ3v) is 4.21. The molecule has 1 fully saturated rings. The molecule has 6 heteroatoms. The molecule has 2 atom stereocenters. The van der Waals surface area contributed by atoms with E-state index in [9.17, 15) is 9.59 Å². The zero-order valence-corrected chi connectivity index (χ0v) is 13.3. The quantitative estimate of drug-likeness (QED) is 0.931. The molecule has 1 N–H and O–H groups in total. The molecule has 2 amide bonds. The van der Waals surface area contributed by atoms with Crippen LogP contribution in [0.2, 0.25) is 0 Å². The topological polar surface area (TPSA) is 67.2 Å². The van der Waals surface area contributed by atoms with Crippen LogP contribution in [0.25, 0.3) is 5.69 Å². The molecular weight excluding hydrogens is 292 g/mol. The lowest BCUT2D eigenvalue weighted by Crippen LogP contribution is -2.34. The number of amides is 2. The van der Waals surface area contributed by atoms with Crippen LogP contribution in [-0.2, 0) is 9.59 Å². The standard InChI is InChI=1S/C17H20N4O2/c1-12(19-17(23)14-10-16(22)20(2)11-14)13-5-3-6-15(9-13)21-8-4-7-18-21/h3-9,12,14H,10-11H2,1-2H3,(H,19,23)/t12-,14-/m0/s1. The zero-order valence-electron chi connectivity index (χ0n) is 13.3. The van der Waals surface area contributed by atoms with Crippen molar-refractivity contribution in [2.75, 3.05) is 13.6 Å². The normalized spacial score (nSPS) is 19.0. The fourth-order valence-electron chi connectivity index (χ4n) is 2.81. The van der Waals surface area contributed by atoms with E-state index in [1.807, 2.05) is 43.5 Å².